The maximum absolute atomic E-state index is 8.63. The number of aliphatic hydroxyl groups is 2. The summed E-state index contributed by atoms with van der Waals surface area (Å²) in [5.41, 5.74) is 1.88. The summed E-state index contributed by atoms with van der Waals surface area (Å²) in [5, 5.41) is 17.3. The minimum atomic E-state index is 0.0214. The molecule has 0 amide bonds. The molecule has 2 aromatic carbocycles. The van der Waals surface area contributed by atoms with Gasteiger partial charge in [0.15, 0.2) is 0 Å². The van der Waals surface area contributed by atoms with Crippen molar-refractivity contribution in [3.8, 4) is 11.5 Å². The molecule has 0 unspecified atom stereocenters. The summed E-state index contributed by atoms with van der Waals surface area (Å²) < 4.78 is 27.1. The van der Waals surface area contributed by atoms with Gasteiger partial charge in [-0.25, -0.2) is 0 Å². The molecule has 9 nitrogen and oxygen atoms in total. The molecular weight excluding hydrogens is 452 g/mol. The molecule has 0 aliphatic rings. The van der Waals surface area contributed by atoms with Crippen LogP contribution in [0.1, 0.15) is 11.1 Å². The van der Waals surface area contributed by atoms with E-state index in [1.165, 1.54) is 0 Å². The first-order valence-electron chi connectivity index (χ1n) is 11.7. The number of hydrogen-bond acceptors (Lipinski definition) is 9. The van der Waals surface area contributed by atoms with Crippen LogP contribution in [0, 0.1) is 0 Å². The number of aliphatic imine (C=N–C) groups is 2. The van der Waals surface area contributed by atoms with Crippen LogP contribution in [0.4, 0.5) is 0 Å². The third-order valence-electron chi connectivity index (χ3n) is 4.38. The molecule has 0 spiro atoms. The second-order valence-electron chi connectivity index (χ2n) is 7.21. The zero-order chi connectivity index (χ0) is 24.8. The lowest BCUT2D eigenvalue weighted by Crippen LogP contribution is -2.09. The second kappa shape index (κ2) is 19.6. The van der Waals surface area contributed by atoms with E-state index < -0.39 is 0 Å². The van der Waals surface area contributed by atoms with Crippen molar-refractivity contribution in [2.45, 2.75) is 0 Å². The second-order valence-corrected chi connectivity index (χ2v) is 7.21. The summed E-state index contributed by atoms with van der Waals surface area (Å²) in [5.74, 6) is 1.44. The van der Waals surface area contributed by atoms with E-state index in [1.54, 1.807) is 12.4 Å². The summed E-state index contributed by atoms with van der Waals surface area (Å²) in [7, 11) is 0. The van der Waals surface area contributed by atoms with Gasteiger partial charge in [-0.2, -0.15) is 0 Å². The highest BCUT2D eigenvalue weighted by molar-refractivity contribution is 5.81. The Hall–Kier alpha value is -2.66. The van der Waals surface area contributed by atoms with E-state index in [-0.39, 0.29) is 13.2 Å². The van der Waals surface area contributed by atoms with Gasteiger partial charge in [-0.15, -0.1) is 0 Å². The number of ether oxygens (including phenoxy) is 5. The standard InChI is InChI=1S/C26H36N2O7/c29-9-13-33-17-15-31-11-7-27-21-23-3-1-5-25(19-23)35-26-6-2-4-24(20-26)22-28-8-12-32-16-18-34-14-10-30/h1-6,19-22,29-30H,7-18H2. The average molecular weight is 489 g/mol. The summed E-state index contributed by atoms with van der Waals surface area (Å²) in [6.45, 7) is 4.72. The van der Waals surface area contributed by atoms with Gasteiger partial charge in [-0.1, -0.05) is 24.3 Å². The molecule has 0 saturated carbocycles. The van der Waals surface area contributed by atoms with Gasteiger partial charge in [0.2, 0.25) is 0 Å². The van der Waals surface area contributed by atoms with Gasteiger partial charge >= 0.3 is 0 Å². The molecule has 192 valence electrons. The van der Waals surface area contributed by atoms with Crippen LogP contribution < -0.4 is 4.74 Å². The summed E-state index contributed by atoms with van der Waals surface area (Å²) in [6, 6.07) is 15.4. The van der Waals surface area contributed by atoms with Crippen LogP contribution >= 0.6 is 0 Å². The molecule has 35 heavy (non-hydrogen) atoms. The van der Waals surface area contributed by atoms with Crippen LogP contribution in [-0.4, -0.2) is 102 Å². The Morgan fingerprint density at radius 1 is 0.571 bits per heavy atom. The van der Waals surface area contributed by atoms with Crippen LogP contribution in [0.15, 0.2) is 58.5 Å². The van der Waals surface area contributed by atoms with Gasteiger partial charge in [0.25, 0.3) is 0 Å². The Morgan fingerprint density at radius 2 is 1.00 bits per heavy atom. The van der Waals surface area contributed by atoms with Crippen molar-refractivity contribution in [1.29, 1.82) is 0 Å². The topological polar surface area (TPSA) is 111 Å². The lowest BCUT2D eigenvalue weighted by molar-refractivity contribution is 0.0355. The van der Waals surface area contributed by atoms with Gasteiger partial charge in [0, 0.05) is 12.4 Å². The van der Waals surface area contributed by atoms with Crippen molar-refractivity contribution in [2.24, 2.45) is 9.98 Å². The zero-order valence-electron chi connectivity index (χ0n) is 20.1. The van der Waals surface area contributed by atoms with Crippen LogP contribution in [0.3, 0.4) is 0 Å². The molecule has 2 aromatic rings. The van der Waals surface area contributed by atoms with E-state index in [2.05, 4.69) is 9.98 Å². The van der Waals surface area contributed by atoms with Crippen molar-refractivity contribution >= 4 is 12.4 Å². The van der Waals surface area contributed by atoms with E-state index >= 15 is 0 Å². The van der Waals surface area contributed by atoms with Crippen LogP contribution in [0.2, 0.25) is 0 Å². The first-order valence-corrected chi connectivity index (χ1v) is 11.7. The number of hydrogen-bond donors (Lipinski definition) is 2. The highest BCUT2D eigenvalue weighted by Crippen LogP contribution is 2.22. The molecule has 9 heteroatoms. The molecule has 0 fully saturated rings. The van der Waals surface area contributed by atoms with E-state index in [0.29, 0.717) is 65.9 Å². The highest BCUT2D eigenvalue weighted by Gasteiger charge is 2.00. The first kappa shape index (κ1) is 28.6. The minimum Gasteiger partial charge on any atom is -0.457 e. The van der Waals surface area contributed by atoms with Crippen molar-refractivity contribution in [3.63, 3.8) is 0 Å². The van der Waals surface area contributed by atoms with E-state index in [1.807, 2.05) is 48.5 Å². The minimum absolute atomic E-state index is 0.0214. The predicted octanol–water partition coefficient (Wildman–Crippen LogP) is 2.37. The van der Waals surface area contributed by atoms with Gasteiger partial charge in [-0.3, -0.25) is 9.98 Å². The SMILES string of the molecule is OCCOCCOCCN=Cc1cccc(Oc2cccc(C=NCCOCCOCCO)c2)c1. The highest BCUT2D eigenvalue weighted by atomic mass is 16.5. The zero-order valence-corrected chi connectivity index (χ0v) is 20.1. The van der Waals surface area contributed by atoms with Crippen LogP contribution in [-0.2, 0) is 18.9 Å². The molecule has 2 rings (SSSR count). The van der Waals surface area contributed by atoms with Crippen molar-refractivity contribution in [1.82, 2.24) is 0 Å². The smallest absolute Gasteiger partial charge is 0.128 e. The largest absolute Gasteiger partial charge is 0.457 e. The van der Waals surface area contributed by atoms with Crippen LogP contribution in [0.5, 0.6) is 11.5 Å². The summed E-state index contributed by atoms with van der Waals surface area (Å²) in [6.07, 6.45) is 3.59. The molecule has 0 saturated heterocycles. The Bertz CT molecular complexity index is 792. The molecule has 0 aromatic heterocycles. The number of rotatable bonds is 20. The van der Waals surface area contributed by atoms with Gasteiger partial charge < -0.3 is 33.9 Å². The Labute approximate surface area is 207 Å². The van der Waals surface area contributed by atoms with E-state index in [4.69, 9.17) is 33.9 Å². The maximum Gasteiger partial charge on any atom is 0.128 e. The van der Waals surface area contributed by atoms with Crippen molar-refractivity contribution in [2.75, 3.05) is 79.2 Å². The molecule has 0 radical (unpaired) electrons. The fraction of sp³-hybridized carbons (Fsp3) is 0.462. The first-order chi connectivity index (χ1) is 17.3. The van der Waals surface area contributed by atoms with E-state index in [0.717, 1.165) is 22.6 Å². The predicted molar refractivity (Wildman–Crippen MR) is 135 cm³/mol. The average Bonchev–Trinajstić information content (AvgIpc) is 2.87. The Balaban J connectivity index is 1.71. The molecule has 0 aliphatic heterocycles. The molecule has 0 heterocycles. The monoisotopic (exact) mass is 488 g/mol. The molecule has 0 bridgehead atoms. The molecule has 0 atom stereocenters. The summed E-state index contributed by atoms with van der Waals surface area (Å²) in [4.78, 5) is 8.76. The van der Waals surface area contributed by atoms with Crippen molar-refractivity contribution < 1.29 is 33.9 Å². The lowest BCUT2D eigenvalue weighted by atomic mass is 10.2. The Morgan fingerprint density at radius 3 is 1.43 bits per heavy atom. The maximum atomic E-state index is 8.63. The molecule has 2 N–H and O–H groups in total. The molecule has 0 aliphatic carbocycles. The fourth-order valence-electron chi connectivity index (χ4n) is 2.80. The van der Waals surface area contributed by atoms with Gasteiger partial charge in [0.05, 0.1) is 79.2 Å². The normalized spacial score (nSPS) is 11.6. The quantitative estimate of drug-likeness (QED) is 0.217. The third kappa shape index (κ3) is 14.4. The third-order valence-corrected chi connectivity index (χ3v) is 4.38. The summed E-state index contributed by atoms with van der Waals surface area (Å²) >= 11 is 0. The number of nitrogens with zero attached hydrogens (tertiary/aromatic N) is 2. The van der Waals surface area contributed by atoms with E-state index in [9.17, 15) is 0 Å². The van der Waals surface area contributed by atoms with Crippen molar-refractivity contribution in [3.05, 3.63) is 59.7 Å². The lowest BCUT2D eigenvalue weighted by Gasteiger charge is -2.07. The fourth-order valence-corrected chi connectivity index (χ4v) is 2.80. The number of benzene rings is 2. The van der Waals surface area contributed by atoms with Gasteiger partial charge in [-0.05, 0) is 35.4 Å². The number of aliphatic hydroxyl groups excluding tert-OH is 2. The Kier molecular flexibility index (Phi) is 16.0. The van der Waals surface area contributed by atoms with Gasteiger partial charge in [0.1, 0.15) is 11.5 Å². The molecular formula is C26H36N2O7. The van der Waals surface area contributed by atoms with Crippen LogP contribution in [0.25, 0.3) is 0 Å².